The number of nitrogen functional groups attached to an aromatic ring is 1. The summed E-state index contributed by atoms with van der Waals surface area (Å²) in [4.78, 5) is 0. The highest BCUT2D eigenvalue weighted by Crippen LogP contribution is 2.28. The van der Waals surface area contributed by atoms with Gasteiger partial charge in [-0.2, -0.15) is 0 Å². The first-order chi connectivity index (χ1) is 7.09. The second-order valence-corrected chi connectivity index (χ2v) is 3.14. The van der Waals surface area contributed by atoms with Gasteiger partial charge in [-0.15, -0.1) is 0 Å². The standard InChI is InChI=1S/C10H8F2N2O/c1-5-9(13)10(15-14-5)6-2-3-7(11)8(12)4-6/h2-4H,13H2,1H3. The van der Waals surface area contributed by atoms with Crippen LogP contribution in [0.25, 0.3) is 11.3 Å². The molecule has 2 rings (SSSR count). The van der Waals surface area contributed by atoms with E-state index in [0.29, 0.717) is 16.9 Å². The number of hydrogen-bond donors (Lipinski definition) is 1. The van der Waals surface area contributed by atoms with E-state index in [-0.39, 0.29) is 5.76 Å². The zero-order valence-corrected chi connectivity index (χ0v) is 7.92. The zero-order valence-electron chi connectivity index (χ0n) is 7.92. The highest BCUT2D eigenvalue weighted by molar-refractivity contribution is 5.72. The van der Waals surface area contributed by atoms with Gasteiger partial charge in [-0.05, 0) is 25.1 Å². The molecule has 0 saturated carbocycles. The summed E-state index contributed by atoms with van der Waals surface area (Å²) in [5.74, 6) is -1.60. The van der Waals surface area contributed by atoms with Crippen LogP contribution in [0.15, 0.2) is 22.7 Å². The van der Waals surface area contributed by atoms with Gasteiger partial charge in [-0.1, -0.05) is 5.16 Å². The lowest BCUT2D eigenvalue weighted by atomic mass is 10.1. The highest BCUT2D eigenvalue weighted by atomic mass is 19.2. The maximum absolute atomic E-state index is 12.9. The summed E-state index contributed by atoms with van der Waals surface area (Å²) in [6.45, 7) is 1.67. The Bertz CT molecular complexity index is 508. The molecule has 2 N–H and O–H groups in total. The molecule has 0 radical (unpaired) electrons. The summed E-state index contributed by atoms with van der Waals surface area (Å²) in [5, 5.41) is 3.63. The van der Waals surface area contributed by atoms with Crippen LogP contribution in [0.5, 0.6) is 0 Å². The normalized spacial score (nSPS) is 10.6. The van der Waals surface area contributed by atoms with Crippen LogP contribution < -0.4 is 5.73 Å². The number of anilines is 1. The Balaban J connectivity index is 2.55. The van der Waals surface area contributed by atoms with Gasteiger partial charge in [0.25, 0.3) is 0 Å². The minimum absolute atomic E-state index is 0.256. The quantitative estimate of drug-likeness (QED) is 0.786. The van der Waals surface area contributed by atoms with Crippen LogP contribution in [0.2, 0.25) is 0 Å². The largest absolute Gasteiger partial charge is 0.394 e. The lowest BCUT2D eigenvalue weighted by Gasteiger charge is -1.98. The molecule has 5 heteroatoms. The topological polar surface area (TPSA) is 52.0 Å². The first-order valence-electron chi connectivity index (χ1n) is 4.26. The predicted octanol–water partition coefficient (Wildman–Crippen LogP) is 2.51. The Morgan fingerprint density at radius 2 is 2.00 bits per heavy atom. The predicted molar refractivity (Wildman–Crippen MR) is 51.0 cm³/mol. The molecule has 78 valence electrons. The van der Waals surface area contributed by atoms with Gasteiger partial charge in [0.15, 0.2) is 17.4 Å². The van der Waals surface area contributed by atoms with Crippen molar-refractivity contribution in [2.45, 2.75) is 6.92 Å². The molecule has 0 aliphatic carbocycles. The number of halogens is 2. The van der Waals surface area contributed by atoms with Crippen molar-refractivity contribution >= 4 is 5.69 Å². The van der Waals surface area contributed by atoms with Crippen LogP contribution in [0, 0.1) is 18.6 Å². The van der Waals surface area contributed by atoms with E-state index >= 15 is 0 Å². The van der Waals surface area contributed by atoms with Crippen molar-refractivity contribution in [2.24, 2.45) is 0 Å². The average Bonchev–Trinajstić information content (AvgIpc) is 2.53. The third kappa shape index (κ3) is 1.56. The number of benzene rings is 1. The number of hydrogen-bond acceptors (Lipinski definition) is 3. The van der Waals surface area contributed by atoms with Crippen molar-refractivity contribution < 1.29 is 13.3 Å². The Kier molecular flexibility index (Phi) is 2.15. The summed E-state index contributed by atoms with van der Waals surface area (Å²) < 4.78 is 30.5. The summed E-state index contributed by atoms with van der Waals surface area (Å²) in [7, 11) is 0. The van der Waals surface area contributed by atoms with Gasteiger partial charge in [-0.3, -0.25) is 0 Å². The van der Waals surface area contributed by atoms with Crippen molar-refractivity contribution in [3.05, 3.63) is 35.5 Å². The zero-order chi connectivity index (χ0) is 11.0. The Morgan fingerprint density at radius 1 is 1.27 bits per heavy atom. The van der Waals surface area contributed by atoms with Crippen LogP contribution in [-0.2, 0) is 0 Å². The van der Waals surface area contributed by atoms with Gasteiger partial charge in [0, 0.05) is 5.56 Å². The Hall–Kier alpha value is -1.91. The number of aryl methyl sites for hydroxylation is 1. The van der Waals surface area contributed by atoms with E-state index in [1.807, 2.05) is 0 Å². The van der Waals surface area contributed by atoms with Gasteiger partial charge < -0.3 is 10.3 Å². The molecule has 0 spiro atoms. The monoisotopic (exact) mass is 210 g/mol. The summed E-state index contributed by atoms with van der Waals surface area (Å²) in [5.41, 5.74) is 6.88. The number of nitrogens with two attached hydrogens (primary N) is 1. The molecule has 0 bridgehead atoms. The molecular weight excluding hydrogens is 202 g/mol. The molecule has 0 saturated heterocycles. The SMILES string of the molecule is Cc1noc(-c2ccc(F)c(F)c2)c1N. The Morgan fingerprint density at radius 3 is 2.53 bits per heavy atom. The number of aromatic nitrogens is 1. The highest BCUT2D eigenvalue weighted by Gasteiger charge is 2.13. The number of rotatable bonds is 1. The molecule has 0 amide bonds. The average molecular weight is 210 g/mol. The van der Waals surface area contributed by atoms with Crippen LogP contribution in [0.3, 0.4) is 0 Å². The summed E-state index contributed by atoms with van der Waals surface area (Å²) in [6, 6.07) is 3.42. The summed E-state index contributed by atoms with van der Waals surface area (Å²) >= 11 is 0. The van der Waals surface area contributed by atoms with Gasteiger partial charge in [-0.25, -0.2) is 8.78 Å². The molecule has 1 aromatic heterocycles. The second kappa shape index (κ2) is 3.34. The molecule has 1 heterocycles. The smallest absolute Gasteiger partial charge is 0.190 e. The molecule has 0 fully saturated rings. The molecule has 1 aromatic carbocycles. The fourth-order valence-corrected chi connectivity index (χ4v) is 1.22. The van der Waals surface area contributed by atoms with Crippen LogP contribution in [0.4, 0.5) is 14.5 Å². The fraction of sp³-hybridized carbons (Fsp3) is 0.100. The van der Waals surface area contributed by atoms with Crippen LogP contribution >= 0.6 is 0 Å². The van der Waals surface area contributed by atoms with E-state index in [9.17, 15) is 8.78 Å². The maximum atomic E-state index is 12.9. The minimum Gasteiger partial charge on any atom is -0.394 e. The summed E-state index contributed by atoms with van der Waals surface area (Å²) in [6.07, 6.45) is 0. The minimum atomic E-state index is -0.944. The van der Waals surface area contributed by atoms with Gasteiger partial charge in [0.2, 0.25) is 0 Å². The molecule has 15 heavy (non-hydrogen) atoms. The van der Waals surface area contributed by atoms with E-state index in [4.69, 9.17) is 10.3 Å². The second-order valence-electron chi connectivity index (χ2n) is 3.14. The van der Waals surface area contributed by atoms with E-state index in [1.54, 1.807) is 6.92 Å². The molecule has 3 nitrogen and oxygen atoms in total. The molecule has 0 aliphatic heterocycles. The third-order valence-corrected chi connectivity index (χ3v) is 2.09. The van der Waals surface area contributed by atoms with Gasteiger partial charge >= 0.3 is 0 Å². The van der Waals surface area contributed by atoms with Crippen LogP contribution in [-0.4, -0.2) is 5.16 Å². The molecular formula is C10H8F2N2O. The van der Waals surface area contributed by atoms with Crippen molar-refractivity contribution in [3.8, 4) is 11.3 Å². The molecule has 0 aliphatic rings. The van der Waals surface area contributed by atoms with Gasteiger partial charge in [0.1, 0.15) is 11.4 Å². The van der Waals surface area contributed by atoms with Crippen molar-refractivity contribution in [1.29, 1.82) is 0 Å². The van der Waals surface area contributed by atoms with Crippen LogP contribution in [0.1, 0.15) is 5.69 Å². The van der Waals surface area contributed by atoms with E-state index in [0.717, 1.165) is 12.1 Å². The molecule has 0 unspecified atom stereocenters. The third-order valence-electron chi connectivity index (χ3n) is 2.09. The lowest BCUT2D eigenvalue weighted by Crippen LogP contribution is -1.89. The molecule has 2 aromatic rings. The number of nitrogens with zero attached hydrogens (tertiary/aromatic N) is 1. The first-order valence-corrected chi connectivity index (χ1v) is 4.26. The van der Waals surface area contributed by atoms with Crippen molar-refractivity contribution in [1.82, 2.24) is 5.16 Å². The Labute approximate surface area is 84.5 Å². The molecule has 0 atom stereocenters. The van der Waals surface area contributed by atoms with E-state index in [2.05, 4.69) is 5.16 Å². The van der Waals surface area contributed by atoms with Gasteiger partial charge in [0.05, 0.1) is 0 Å². The lowest BCUT2D eigenvalue weighted by molar-refractivity contribution is 0.426. The fourth-order valence-electron chi connectivity index (χ4n) is 1.22. The van der Waals surface area contributed by atoms with E-state index in [1.165, 1.54) is 6.07 Å². The van der Waals surface area contributed by atoms with E-state index < -0.39 is 11.6 Å². The maximum Gasteiger partial charge on any atom is 0.190 e. The first kappa shape index (κ1) is 9.64. The van der Waals surface area contributed by atoms with Crippen molar-refractivity contribution in [3.63, 3.8) is 0 Å². The van der Waals surface area contributed by atoms with Crippen molar-refractivity contribution in [2.75, 3.05) is 5.73 Å².